The SMILES string of the molecule is Cn1ncc(CN2C(=O)C3CCCC3C2=O)c1N. The van der Waals surface area contributed by atoms with E-state index in [0.29, 0.717) is 5.82 Å². The summed E-state index contributed by atoms with van der Waals surface area (Å²) in [6, 6.07) is 0. The van der Waals surface area contributed by atoms with Crippen molar-refractivity contribution in [1.29, 1.82) is 0 Å². The van der Waals surface area contributed by atoms with E-state index in [4.69, 9.17) is 5.73 Å². The first-order valence-electron chi connectivity index (χ1n) is 6.21. The average Bonchev–Trinajstić information content (AvgIpc) is 2.99. The van der Waals surface area contributed by atoms with Crippen LogP contribution in [0.1, 0.15) is 24.8 Å². The molecule has 2 aliphatic rings. The van der Waals surface area contributed by atoms with Gasteiger partial charge in [-0.3, -0.25) is 19.2 Å². The first kappa shape index (κ1) is 11.3. The molecule has 2 N–H and O–H groups in total. The molecule has 1 saturated carbocycles. The van der Waals surface area contributed by atoms with Gasteiger partial charge in [-0.1, -0.05) is 6.42 Å². The van der Waals surface area contributed by atoms with Gasteiger partial charge in [0.1, 0.15) is 5.82 Å². The first-order valence-corrected chi connectivity index (χ1v) is 6.21. The highest BCUT2D eigenvalue weighted by Crippen LogP contribution is 2.40. The third-order valence-corrected chi connectivity index (χ3v) is 4.08. The fourth-order valence-corrected chi connectivity index (χ4v) is 3.00. The molecule has 3 rings (SSSR count). The van der Waals surface area contributed by atoms with Crippen molar-refractivity contribution >= 4 is 17.6 Å². The minimum Gasteiger partial charge on any atom is -0.384 e. The standard InChI is InChI=1S/C12H16N4O2/c1-15-10(13)7(5-14-15)6-16-11(17)8-3-2-4-9(8)12(16)18/h5,8-9H,2-4,6,13H2,1H3. The summed E-state index contributed by atoms with van der Waals surface area (Å²) in [5, 5.41) is 4.02. The summed E-state index contributed by atoms with van der Waals surface area (Å²) in [5.41, 5.74) is 6.57. The highest BCUT2D eigenvalue weighted by molar-refractivity contribution is 6.05. The van der Waals surface area contributed by atoms with Crippen molar-refractivity contribution in [2.24, 2.45) is 18.9 Å². The molecule has 0 radical (unpaired) electrons. The second-order valence-corrected chi connectivity index (χ2v) is 5.09. The normalized spacial score (nSPS) is 27.1. The molecule has 2 atom stereocenters. The zero-order valence-electron chi connectivity index (χ0n) is 10.3. The second kappa shape index (κ2) is 3.83. The molecule has 6 nitrogen and oxygen atoms in total. The molecule has 6 heteroatoms. The van der Waals surface area contributed by atoms with Gasteiger partial charge in [-0.25, -0.2) is 0 Å². The van der Waals surface area contributed by atoms with Crippen LogP contribution in [0.4, 0.5) is 5.82 Å². The average molecular weight is 248 g/mol. The zero-order chi connectivity index (χ0) is 12.9. The molecule has 0 spiro atoms. The van der Waals surface area contributed by atoms with E-state index in [0.717, 1.165) is 24.8 Å². The first-order chi connectivity index (χ1) is 8.59. The second-order valence-electron chi connectivity index (χ2n) is 5.09. The topological polar surface area (TPSA) is 81.2 Å². The third kappa shape index (κ3) is 1.45. The Bertz CT molecular complexity index is 500. The number of amides is 2. The van der Waals surface area contributed by atoms with E-state index in [2.05, 4.69) is 5.10 Å². The molecule has 96 valence electrons. The number of hydrogen-bond acceptors (Lipinski definition) is 4. The van der Waals surface area contributed by atoms with E-state index in [-0.39, 0.29) is 30.2 Å². The fraction of sp³-hybridized carbons (Fsp3) is 0.583. The summed E-state index contributed by atoms with van der Waals surface area (Å²) in [6.07, 6.45) is 4.28. The van der Waals surface area contributed by atoms with Gasteiger partial charge in [0.05, 0.1) is 24.6 Å². The number of nitrogens with zero attached hydrogens (tertiary/aromatic N) is 3. The number of aryl methyl sites for hydroxylation is 1. The van der Waals surface area contributed by atoms with Crippen LogP contribution in [-0.4, -0.2) is 26.5 Å². The van der Waals surface area contributed by atoms with Crippen molar-refractivity contribution in [3.05, 3.63) is 11.8 Å². The number of rotatable bonds is 2. The lowest BCUT2D eigenvalue weighted by Crippen LogP contribution is -2.31. The van der Waals surface area contributed by atoms with E-state index in [9.17, 15) is 9.59 Å². The van der Waals surface area contributed by atoms with Gasteiger partial charge in [-0.15, -0.1) is 0 Å². The summed E-state index contributed by atoms with van der Waals surface area (Å²) < 4.78 is 1.54. The predicted octanol–water partition coefficient (Wildman–Crippen LogP) is 0.287. The Hall–Kier alpha value is -1.85. The van der Waals surface area contributed by atoms with Gasteiger partial charge in [0, 0.05) is 12.6 Å². The molecule has 2 unspecified atom stereocenters. The minimum atomic E-state index is -0.0876. The van der Waals surface area contributed by atoms with E-state index in [1.165, 1.54) is 4.90 Å². The van der Waals surface area contributed by atoms with E-state index >= 15 is 0 Å². The number of carbonyl (C=O) groups is 2. The van der Waals surface area contributed by atoms with Gasteiger partial charge >= 0.3 is 0 Å². The molecule has 0 bridgehead atoms. The van der Waals surface area contributed by atoms with Crippen LogP contribution in [0, 0.1) is 11.8 Å². The van der Waals surface area contributed by atoms with Crippen LogP contribution in [0.5, 0.6) is 0 Å². The van der Waals surface area contributed by atoms with Crippen molar-refractivity contribution in [1.82, 2.24) is 14.7 Å². The van der Waals surface area contributed by atoms with Crippen LogP contribution in [-0.2, 0) is 23.2 Å². The Kier molecular flexibility index (Phi) is 2.39. The molecule has 0 aromatic carbocycles. The van der Waals surface area contributed by atoms with Crippen LogP contribution in [0.25, 0.3) is 0 Å². The van der Waals surface area contributed by atoms with Gasteiger partial charge in [0.2, 0.25) is 11.8 Å². The largest absolute Gasteiger partial charge is 0.384 e. The molecule has 1 aliphatic carbocycles. The molecule has 1 aromatic heterocycles. The Labute approximate surface area is 105 Å². The quantitative estimate of drug-likeness (QED) is 0.763. The lowest BCUT2D eigenvalue weighted by atomic mass is 10.00. The lowest BCUT2D eigenvalue weighted by Gasteiger charge is -2.15. The Morgan fingerprint density at radius 2 is 1.94 bits per heavy atom. The summed E-state index contributed by atoms with van der Waals surface area (Å²) in [6.45, 7) is 0.254. The number of aromatic nitrogens is 2. The van der Waals surface area contributed by atoms with Crippen molar-refractivity contribution in [3.63, 3.8) is 0 Å². The smallest absolute Gasteiger partial charge is 0.233 e. The number of imide groups is 1. The molecule has 1 saturated heterocycles. The number of carbonyl (C=O) groups excluding carboxylic acids is 2. The molecule has 18 heavy (non-hydrogen) atoms. The predicted molar refractivity (Wildman–Crippen MR) is 64.0 cm³/mol. The Morgan fingerprint density at radius 3 is 2.44 bits per heavy atom. The zero-order valence-corrected chi connectivity index (χ0v) is 10.3. The fourth-order valence-electron chi connectivity index (χ4n) is 3.00. The van der Waals surface area contributed by atoms with Crippen molar-refractivity contribution in [2.75, 3.05) is 5.73 Å². The summed E-state index contributed by atoms with van der Waals surface area (Å²) in [5.74, 6) is 0.259. The van der Waals surface area contributed by atoms with Crippen LogP contribution >= 0.6 is 0 Å². The molecule has 1 aromatic rings. The van der Waals surface area contributed by atoms with Crippen molar-refractivity contribution < 1.29 is 9.59 Å². The molecule has 2 fully saturated rings. The summed E-state index contributed by atoms with van der Waals surface area (Å²) in [4.78, 5) is 25.7. The van der Waals surface area contributed by atoms with Gasteiger partial charge < -0.3 is 5.73 Å². The van der Waals surface area contributed by atoms with Crippen LogP contribution in [0.2, 0.25) is 0 Å². The van der Waals surface area contributed by atoms with E-state index in [1.54, 1.807) is 17.9 Å². The Balaban J connectivity index is 1.83. The highest BCUT2D eigenvalue weighted by Gasteiger charge is 2.49. The molecule has 2 amide bonds. The van der Waals surface area contributed by atoms with Crippen molar-refractivity contribution in [2.45, 2.75) is 25.8 Å². The minimum absolute atomic E-state index is 0.0363. The number of hydrogen-bond donors (Lipinski definition) is 1. The van der Waals surface area contributed by atoms with Crippen molar-refractivity contribution in [3.8, 4) is 0 Å². The van der Waals surface area contributed by atoms with E-state index in [1.807, 2.05) is 0 Å². The number of fused-ring (bicyclic) bond motifs is 1. The molecular formula is C12H16N4O2. The maximum Gasteiger partial charge on any atom is 0.233 e. The third-order valence-electron chi connectivity index (χ3n) is 4.08. The number of anilines is 1. The number of nitrogens with two attached hydrogens (primary N) is 1. The van der Waals surface area contributed by atoms with Crippen LogP contribution in [0.15, 0.2) is 6.20 Å². The highest BCUT2D eigenvalue weighted by atomic mass is 16.2. The van der Waals surface area contributed by atoms with Gasteiger partial charge in [0.15, 0.2) is 0 Å². The van der Waals surface area contributed by atoms with E-state index < -0.39 is 0 Å². The summed E-state index contributed by atoms with van der Waals surface area (Å²) >= 11 is 0. The van der Waals surface area contributed by atoms with Crippen LogP contribution in [0.3, 0.4) is 0 Å². The summed E-state index contributed by atoms with van der Waals surface area (Å²) in [7, 11) is 1.74. The molecular weight excluding hydrogens is 232 g/mol. The maximum absolute atomic E-state index is 12.2. The maximum atomic E-state index is 12.2. The van der Waals surface area contributed by atoms with Crippen LogP contribution < -0.4 is 5.73 Å². The monoisotopic (exact) mass is 248 g/mol. The molecule has 1 aliphatic heterocycles. The van der Waals surface area contributed by atoms with Gasteiger partial charge in [-0.05, 0) is 12.8 Å². The van der Waals surface area contributed by atoms with Gasteiger partial charge in [-0.2, -0.15) is 5.10 Å². The number of nitrogen functional groups attached to an aromatic ring is 1. The Morgan fingerprint density at radius 1 is 1.33 bits per heavy atom. The number of likely N-dealkylation sites (tertiary alicyclic amines) is 1. The molecule has 2 heterocycles. The van der Waals surface area contributed by atoms with Gasteiger partial charge in [0.25, 0.3) is 0 Å². The lowest BCUT2D eigenvalue weighted by molar-refractivity contribution is -0.141.